The molecule has 0 radical (unpaired) electrons. The second-order valence-electron chi connectivity index (χ2n) is 4.49. The average Bonchev–Trinajstić information content (AvgIpc) is 2.16. The molecule has 16 heavy (non-hydrogen) atoms. The van der Waals surface area contributed by atoms with Gasteiger partial charge in [-0.05, 0) is 19.3 Å². The number of primary amides is 1. The molecule has 0 aromatic heterocycles. The zero-order valence-corrected chi connectivity index (χ0v) is 10.4. The zero-order valence-electron chi connectivity index (χ0n) is 9.61. The van der Waals surface area contributed by atoms with Crippen molar-refractivity contribution in [2.45, 2.75) is 43.4 Å². The SMILES string of the molecule is CS(=O)(=O)C1CCCC(NCCC(N)=O)C1. The highest BCUT2D eigenvalue weighted by atomic mass is 32.2. The van der Waals surface area contributed by atoms with Crippen LogP contribution in [-0.2, 0) is 14.6 Å². The topological polar surface area (TPSA) is 89.3 Å². The smallest absolute Gasteiger partial charge is 0.218 e. The lowest BCUT2D eigenvalue weighted by Crippen LogP contribution is -2.39. The fraction of sp³-hybridized carbons (Fsp3) is 0.900. The van der Waals surface area contributed by atoms with Crippen LogP contribution in [0.2, 0.25) is 0 Å². The summed E-state index contributed by atoms with van der Waals surface area (Å²) in [6.45, 7) is 0.538. The Labute approximate surface area is 96.7 Å². The number of rotatable bonds is 5. The van der Waals surface area contributed by atoms with Gasteiger partial charge in [-0.25, -0.2) is 8.42 Å². The van der Waals surface area contributed by atoms with E-state index in [4.69, 9.17) is 5.73 Å². The van der Waals surface area contributed by atoms with Gasteiger partial charge in [0, 0.05) is 25.3 Å². The third kappa shape index (κ3) is 4.49. The van der Waals surface area contributed by atoms with E-state index in [0.717, 1.165) is 19.3 Å². The highest BCUT2D eigenvalue weighted by Crippen LogP contribution is 2.23. The van der Waals surface area contributed by atoms with Crippen molar-refractivity contribution in [3.05, 3.63) is 0 Å². The molecule has 1 aliphatic rings. The monoisotopic (exact) mass is 248 g/mol. The fourth-order valence-corrected chi connectivity index (χ4v) is 3.30. The van der Waals surface area contributed by atoms with Gasteiger partial charge in [-0.15, -0.1) is 0 Å². The summed E-state index contributed by atoms with van der Waals surface area (Å²) >= 11 is 0. The van der Waals surface area contributed by atoms with Crippen LogP contribution >= 0.6 is 0 Å². The van der Waals surface area contributed by atoms with Gasteiger partial charge in [0.2, 0.25) is 5.91 Å². The minimum absolute atomic E-state index is 0.202. The molecule has 0 saturated heterocycles. The van der Waals surface area contributed by atoms with E-state index in [-0.39, 0.29) is 17.2 Å². The van der Waals surface area contributed by atoms with Crippen molar-refractivity contribution in [3.8, 4) is 0 Å². The molecule has 0 spiro atoms. The van der Waals surface area contributed by atoms with Gasteiger partial charge in [0.15, 0.2) is 0 Å². The first kappa shape index (κ1) is 13.4. The molecule has 0 aromatic rings. The molecule has 1 rings (SSSR count). The first-order valence-electron chi connectivity index (χ1n) is 5.60. The number of carbonyl (C=O) groups is 1. The number of carbonyl (C=O) groups excluding carboxylic acids is 1. The zero-order chi connectivity index (χ0) is 12.2. The number of nitrogens with two attached hydrogens (primary N) is 1. The van der Waals surface area contributed by atoms with Crippen LogP contribution in [0.25, 0.3) is 0 Å². The molecule has 94 valence electrons. The van der Waals surface area contributed by atoms with Crippen LogP contribution in [-0.4, -0.2) is 38.4 Å². The molecule has 2 unspecified atom stereocenters. The Morgan fingerprint density at radius 3 is 2.69 bits per heavy atom. The van der Waals surface area contributed by atoms with E-state index in [9.17, 15) is 13.2 Å². The molecular weight excluding hydrogens is 228 g/mol. The number of hydrogen-bond donors (Lipinski definition) is 2. The van der Waals surface area contributed by atoms with Crippen molar-refractivity contribution in [1.82, 2.24) is 5.32 Å². The fourth-order valence-electron chi connectivity index (χ4n) is 2.12. The van der Waals surface area contributed by atoms with Gasteiger partial charge in [0.1, 0.15) is 9.84 Å². The van der Waals surface area contributed by atoms with Gasteiger partial charge in [-0.1, -0.05) is 6.42 Å². The molecule has 0 aromatic carbocycles. The summed E-state index contributed by atoms with van der Waals surface area (Å²) < 4.78 is 22.8. The lowest BCUT2D eigenvalue weighted by Gasteiger charge is -2.28. The van der Waals surface area contributed by atoms with E-state index in [1.807, 2.05) is 0 Å². The van der Waals surface area contributed by atoms with Crippen molar-refractivity contribution >= 4 is 15.7 Å². The largest absolute Gasteiger partial charge is 0.370 e. The summed E-state index contributed by atoms with van der Waals surface area (Å²) in [5.74, 6) is -0.331. The average molecular weight is 248 g/mol. The third-order valence-electron chi connectivity index (χ3n) is 3.04. The summed E-state index contributed by atoms with van der Waals surface area (Å²) in [5, 5.41) is 2.96. The maximum Gasteiger partial charge on any atom is 0.218 e. The predicted octanol–water partition coefficient (Wildman–Crippen LogP) is -0.193. The van der Waals surface area contributed by atoms with Crippen LogP contribution in [0, 0.1) is 0 Å². The molecular formula is C10H20N2O3S. The van der Waals surface area contributed by atoms with Crippen molar-refractivity contribution < 1.29 is 13.2 Å². The first-order chi connectivity index (χ1) is 7.39. The van der Waals surface area contributed by atoms with E-state index in [2.05, 4.69) is 5.32 Å². The van der Waals surface area contributed by atoms with Gasteiger partial charge in [0.05, 0.1) is 5.25 Å². The lowest BCUT2D eigenvalue weighted by molar-refractivity contribution is -0.117. The quantitative estimate of drug-likeness (QED) is 0.705. The highest BCUT2D eigenvalue weighted by molar-refractivity contribution is 7.91. The van der Waals surface area contributed by atoms with E-state index in [1.165, 1.54) is 6.26 Å². The highest BCUT2D eigenvalue weighted by Gasteiger charge is 2.28. The standard InChI is InChI=1S/C10H20N2O3S/c1-16(14,15)9-4-2-3-8(7-9)12-6-5-10(11)13/h8-9,12H,2-7H2,1H3,(H2,11,13). The molecule has 0 heterocycles. The number of hydrogen-bond acceptors (Lipinski definition) is 4. The molecule has 0 aliphatic heterocycles. The van der Waals surface area contributed by atoms with Crippen LogP contribution in [0.1, 0.15) is 32.1 Å². The molecule has 1 aliphatic carbocycles. The summed E-state index contributed by atoms with van der Waals surface area (Å²) in [4.78, 5) is 10.6. The van der Waals surface area contributed by atoms with Gasteiger partial charge < -0.3 is 11.1 Å². The molecule has 0 bridgehead atoms. The molecule has 2 atom stereocenters. The van der Waals surface area contributed by atoms with Crippen LogP contribution < -0.4 is 11.1 Å². The lowest BCUT2D eigenvalue weighted by atomic mass is 9.95. The van der Waals surface area contributed by atoms with Crippen LogP contribution in [0.3, 0.4) is 0 Å². The molecule has 1 amide bonds. The van der Waals surface area contributed by atoms with Crippen molar-refractivity contribution in [3.63, 3.8) is 0 Å². The second kappa shape index (κ2) is 5.63. The first-order valence-corrected chi connectivity index (χ1v) is 7.55. The molecule has 5 nitrogen and oxygen atoms in total. The molecule has 1 fully saturated rings. The molecule has 3 N–H and O–H groups in total. The van der Waals surface area contributed by atoms with Crippen molar-refractivity contribution in [1.29, 1.82) is 0 Å². The van der Waals surface area contributed by atoms with Crippen LogP contribution in [0.15, 0.2) is 0 Å². The Morgan fingerprint density at radius 2 is 2.12 bits per heavy atom. The van der Waals surface area contributed by atoms with Gasteiger partial charge in [-0.2, -0.15) is 0 Å². The maximum atomic E-state index is 11.4. The van der Waals surface area contributed by atoms with E-state index in [0.29, 0.717) is 19.4 Å². The van der Waals surface area contributed by atoms with Gasteiger partial charge >= 0.3 is 0 Å². The van der Waals surface area contributed by atoms with Crippen molar-refractivity contribution in [2.75, 3.05) is 12.8 Å². The Morgan fingerprint density at radius 1 is 1.44 bits per heavy atom. The Kier molecular flexibility index (Phi) is 4.73. The molecule has 6 heteroatoms. The summed E-state index contributed by atoms with van der Waals surface area (Å²) in [5.41, 5.74) is 5.03. The summed E-state index contributed by atoms with van der Waals surface area (Å²) in [6.07, 6.45) is 4.91. The summed E-state index contributed by atoms with van der Waals surface area (Å²) in [7, 11) is -2.93. The summed E-state index contributed by atoms with van der Waals surface area (Å²) in [6, 6.07) is 0.202. The van der Waals surface area contributed by atoms with Crippen LogP contribution in [0.4, 0.5) is 0 Å². The third-order valence-corrected chi connectivity index (χ3v) is 4.68. The van der Waals surface area contributed by atoms with E-state index >= 15 is 0 Å². The predicted molar refractivity (Wildman–Crippen MR) is 62.7 cm³/mol. The van der Waals surface area contributed by atoms with Gasteiger partial charge in [0.25, 0.3) is 0 Å². The Balaban J connectivity index is 2.36. The Bertz CT molecular complexity index is 340. The second-order valence-corrected chi connectivity index (χ2v) is 6.81. The number of nitrogens with one attached hydrogen (secondary N) is 1. The normalized spacial score (nSPS) is 26.6. The van der Waals surface area contributed by atoms with E-state index < -0.39 is 9.84 Å². The number of sulfone groups is 1. The maximum absolute atomic E-state index is 11.4. The van der Waals surface area contributed by atoms with Crippen molar-refractivity contribution in [2.24, 2.45) is 5.73 Å². The Hall–Kier alpha value is -0.620. The molecule has 1 saturated carbocycles. The van der Waals surface area contributed by atoms with Gasteiger partial charge in [-0.3, -0.25) is 4.79 Å². The minimum Gasteiger partial charge on any atom is -0.370 e. The number of amides is 1. The van der Waals surface area contributed by atoms with Crippen LogP contribution in [0.5, 0.6) is 0 Å². The minimum atomic E-state index is -2.93. The van der Waals surface area contributed by atoms with E-state index in [1.54, 1.807) is 0 Å².